The second-order valence-electron chi connectivity index (χ2n) is 10.1. The van der Waals surface area contributed by atoms with Crippen LogP contribution in [0.25, 0.3) is 0 Å². The average Bonchev–Trinajstić information content (AvgIpc) is 3.54. The van der Waals surface area contributed by atoms with Gasteiger partial charge in [0.2, 0.25) is 11.8 Å². The van der Waals surface area contributed by atoms with Gasteiger partial charge in [-0.05, 0) is 65.8 Å². The van der Waals surface area contributed by atoms with Gasteiger partial charge in [0, 0.05) is 5.41 Å². The van der Waals surface area contributed by atoms with Gasteiger partial charge in [0.15, 0.2) is 0 Å². The first-order valence-electron chi connectivity index (χ1n) is 11.9. The largest absolute Gasteiger partial charge is 0.457 e. The lowest BCUT2D eigenvalue weighted by Crippen LogP contribution is -2.32. The molecule has 1 aliphatic heterocycles. The summed E-state index contributed by atoms with van der Waals surface area (Å²) in [6.07, 6.45) is 5.17. The first-order chi connectivity index (χ1) is 16.4. The standard InChI is InChI=1S/C30H27NO3/c1-30(2,21-6-4-3-5-7-21)22-10-14-24(15-11-22)34-25-16-12-23(13-17-25)31-28(32)26-19-8-9-20(18-19)27(26)29(31)33/h3-17,19-20,26-27H,18H2,1-2H3/t19-,20-,26+,27+/m0/s1. The molecule has 170 valence electrons. The number of imide groups is 1. The van der Waals surface area contributed by atoms with E-state index in [1.165, 1.54) is 16.0 Å². The second-order valence-corrected chi connectivity index (χ2v) is 10.1. The summed E-state index contributed by atoms with van der Waals surface area (Å²) in [5.74, 6) is 1.36. The number of carbonyl (C=O) groups excluding carboxylic acids is 2. The Morgan fingerprint density at radius 3 is 1.76 bits per heavy atom. The highest BCUT2D eigenvalue weighted by Crippen LogP contribution is 2.53. The molecule has 6 rings (SSSR count). The molecule has 0 N–H and O–H groups in total. The van der Waals surface area contributed by atoms with Crippen LogP contribution in [0, 0.1) is 23.7 Å². The van der Waals surface area contributed by atoms with Crippen LogP contribution in [0.5, 0.6) is 11.5 Å². The third kappa shape index (κ3) is 3.20. The van der Waals surface area contributed by atoms with Crippen LogP contribution in [0.4, 0.5) is 5.69 Å². The van der Waals surface area contributed by atoms with Crippen molar-refractivity contribution in [1.82, 2.24) is 0 Å². The van der Waals surface area contributed by atoms with Crippen LogP contribution in [-0.4, -0.2) is 11.8 Å². The predicted octanol–water partition coefficient (Wildman–Crippen LogP) is 6.12. The van der Waals surface area contributed by atoms with Crippen LogP contribution < -0.4 is 9.64 Å². The molecule has 4 atom stereocenters. The fourth-order valence-corrected chi connectivity index (χ4v) is 5.92. The van der Waals surface area contributed by atoms with Crippen molar-refractivity contribution in [2.24, 2.45) is 23.7 Å². The number of rotatable bonds is 5. The molecular formula is C30H27NO3. The van der Waals surface area contributed by atoms with Gasteiger partial charge in [0.1, 0.15) is 11.5 Å². The summed E-state index contributed by atoms with van der Waals surface area (Å²) in [5, 5.41) is 0. The number of nitrogens with zero attached hydrogens (tertiary/aromatic N) is 1. The third-order valence-corrected chi connectivity index (χ3v) is 7.87. The predicted molar refractivity (Wildman–Crippen MR) is 132 cm³/mol. The highest BCUT2D eigenvalue weighted by atomic mass is 16.5. The van der Waals surface area contributed by atoms with Crippen LogP contribution in [0.2, 0.25) is 0 Å². The first-order valence-corrected chi connectivity index (χ1v) is 11.9. The number of amides is 2. The Bertz CT molecular complexity index is 1240. The molecule has 4 heteroatoms. The van der Waals surface area contributed by atoms with Crippen molar-refractivity contribution >= 4 is 17.5 Å². The summed E-state index contributed by atoms with van der Waals surface area (Å²) in [6.45, 7) is 4.43. The van der Waals surface area contributed by atoms with E-state index in [4.69, 9.17) is 4.74 Å². The van der Waals surface area contributed by atoms with Crippen molar-refractivity contribution in [1.29, 1.82) is 0 Å². The van der Waals surface area contributed by atoms with Gasteiger partial charge in [-0.1, -0.05) is 68.5 Å². The number of ether oxygens (including phenoxy) is 1. The van der Waals surface area contributed by atoms with Gasteiger partial charge in [0.05, 0.1) is 17.5 Å². The Morgan fingerprint density at radius 1 is 0.706 bits per heavy atom. The third-order valence-electron chi connectivity index (χ3n) is 7.87. The van der Waals surface area contributed by atoms with E-state index in [1.807, 2.05) is 30.3 Å². The zero-order valence-corrected chi connectivity index (χ0v) is 19.3. The van der Waals surface area contributed by atoms with Gasteiger partial charge < -0.3 is 4.74 Å². The van der Waals surface area contributed by atoms with E-state index in [-0.39, 0.29) is 40.9 Å². The van der Waals surface area contributed by atoms with Gasteiger partial charge in [-0.25, -0.2) is 0 Å². The Hall–Kier alpha value is -3.66. The van der Waals surface area contributed by atoms with Crippen LogP contribution in [0.15, 0.2) is 91.0 Å². The number of anilines is 1. The van der Waals surface area contributed by atoms with E-state index >= 15 is 0 Å². The fraction of sp³-hybridized carbons (Fsp3) is 0.267. The molecule has 2 amide bonds. The normalized spacial score (nSPS) is 25.2. The molecule has 2 aliphatic carbocycles. The maximum absolute atomic E-state index is 13.0. The Kier molecular flexibility index (Phi) is 4.73. The summed E-state index contributed by atoms with van der Waals surface area (Å²) in [4.78, 5) is 27.4. The summed E-state index contributed by atoms with van der Waals surface area (Å²) < 4.78 is 6.04. The van der Waals surface area contributed by atoms with E-state index in [9.17, 15) is 9.59 Å². The van der Waals surface area contributed by atoms with Crippen LogP contribution >= 0.6 is 0 Å². The molecule has 2 bridgehead atoms. The topological polar surface area (TPSA) is 46.6 Å². The van der Waals surface area contributed by atoms with Crippen LogP contribution in [0.1, 0.15) is 31.4 Å². The molecule has 0 aromatic heterocycles. The zero-order chi connectivity index (χ0) is 23.4. The number of fused-ring (bicyclic) bond motifs is 5. The van der Waals surface area contributed by atoms with Gasteiger partial charge in [-0.2, -0.15) is 0 Å². The number of carbonyl (C=O) groups is 2. The molecular weight excluding hydrogens is 422 g/mol. The van der Waals surface area contributed by atoms with Crippen LogP contribution in [0.3, 0.4) is 0 Å². The van der Waals surface area contributed by atoms with Gasteiger partial charge in [-0.15, -0.1) is 0 Å². The van der Waals surface area contributed by atoms with Crippen molar-refractivity contribution in [2.75, 3.05) is 4.90 Å². The van der Waals surface area contributed by atoms with Gasteiger partial charge >= 0.3 is 0 Å². The average molecular weight is 450 g/mol. The lowest BCUT2D eigenvalue weighted by atomic mass is 9.78. The van der Waals surface area contributed by atoms with E-state index in [0.29, 0.717) is 11.4 Å². The number of benzene rings is 3. The molecule has 2 fully saturated rings. The van der Waals surface area contributed by atoms with Crippen LogP contribution in [-0.2, 0) is 15.0 Å². The minimum atomic E-state index is -0.183. The minimum Gasteiger partial charge on any atom is -0.457 e. The summed E-state index contributed by atoms with van der Waals surface area (Å²) in [5.41, 5.74) is 2.99. The Morgan fingerprint density at radius 2 is 1.21 bits per heavy atom. The molecule has 3 aliphatic rings. The number of allylic oxidation sites excluding steroid dienone is 2. The SMILES string of the molecule is CC(C)(c1ccccc1)c1ccc(Oc2ccc(N3C(=O)[C@H]4[C@H](C3=O)[C@H]3C=C[C@H]4C3)cc2)cc1. The molecule has 0 unspecified atom stereocenters. The van der Waals surface area contributed by atoms with Crippen molar-refractivity contribution < 1.29 is 14.3 Å². The molecule has 1 saturated heterocycles. The van der Waals surface area contributed by atoms with Gasteiger partial charge in [-0.3, -0.25) is 14.5 Å². The summed E-state index contributed by atoms with van der Waals surface area (Å²) in [6, 6.07) is 25.8. The summed E-state index contributed by atoms with van der Waals surface area (Å²) in [7, 11) is 0. The van der Waals surface area contributed by atoms with E-state index in [0.717, 1.165) is 12.2 Å². The summed E-state index contributed by atoms with van der Waals surface area (Å²) >= 11 is 0. The smallest absolute Gasteiger partial charge is 0.238 e. The van der Waals surface area contributed by atoms with E-state index in [2.05, 4.69) is 62.4 Å². The molecule has 1 heterocycles. The van der Waals surface area contributed by atoms with E-state index < -0.39 is 0 Å². The lowest BCUT2D eigenvalue weighted by Gasteiger charge is -2.26. The monoisotopic (exact) mass is 449 g/mol. The molecule has 4 nitrogen and oxygen atoms in total. The lowest BCUT2D eigenvalue weighted by molar-refractivity contribution is -0.123. The molecule has 1 saturated carbocycles. The Labute approximate surface area is 199 Å². The molecule has 0 spiro atoms. The second kappa shape index (κ2) is 7.69. The highest BCUT2D eigenvalue weighted by molar-refractivity contribution is 6.22. The maximum atomic E-state index is 13.0. The minimum absolute atomic E-state index is 0.0582. The van der Waals surface area contributed by atoms with Crippen molar-refractivity contribution in [3.63, 3.8) is 0 Å². The highest BCUT2D eigenvalue weighted by Gasteiger charge is 2.59. The quantitative estimate of drug-likeness (QED) is 0.348. The fourth-order valence-electron chi connectivity index (χ4n) is 5.92. The molecule has 3 aromatic carbocycles. The van der Waals surface area contributed by atoms with Gasteiger partial charge in [0.25, 0.3) is 0 Å². The molecule has 34 heavy (non-hydrogen) atoms. The molecule has 3 aromatic rings. The zero-order valence-electron chi connectivity index (χ0n) is 19.3. The first kappa shape index (κ1) is 20.9. The van der Waals surface area contributed by atoms with Crippen molar-refractivity contribution in [3.05, 3.63) is 102 Å². The van der Waals surface area contributed by atoms with E-state index in [1.54, 1.807) is 12.1 Å². The van der Waals surface area contributed by atoms with Crippen molar-refractivity contribution in [3.8, 4) is 11.5 Å². The number of hydrogen-bond donors (Lipinski definition) is 0. The van der Waals surface area contributed by atoms with Crippen molar-refractivity contribution in [2.45, 2.75) is 25.7 Å². The Balaban J connectivity index is 1.17. The molecule has 0 radical (unpaired) electrons. The number of hydrogen-bond acceptors (Lipinski definition) is 3. The maximum Gasteiger partial charge on any atom is 0.238 e.